The average molecular weight is 344 g/mol. The molecule has 0 radical (unpaired) electrons. The lowest BCUT2D eigenvalue weighted by Crippen LogP contribution is -2.42. The van der Waals surface area contributed by atoms with E-state index in [0.717, 1.165) is 44.1 Å². The fraction of sp³-hybridized carbons (Fsp3) is 0.600. The van der Waals surface area contributed by atoms with Crippen molar-refractivity contribution in [1.29, 1.82) is 0 Å². The fourth-order valence-electron chi connectivity index (χ4n) is 3.86. The van der Waals surface area contributed by atoms with Crippen molar-refractivity contribution in [3.8, 4) is 0 Å². The molecule has 2 aliphatic carbocycles. The summed E-state index contributed by atoms with van der Waals surface area (Å²) in [5.74, 6) is 0.371. The van der Waals surface area contributed by atoms with Crippen LogP contribution in [0.3, 0.4) is 0 Å². The Morgan fingerprint density at radius 3 is 2.20 bits per heavy atom. The molecule has 0 atom stereocenters. The normalized spacial score (nSPS) is 24.0. The first-order chi connectivity index (χ1) is 12.2. The summed E-state index contributed by atoms with van der Waals surface area (Å²) in [4.78, 5) is 29.7. The maximum absolute atomic E-state index is 12.2. The molecule has 0 aliphatic heterocycles. The van der Waals surface area contributed by atoms with Gasteiger partial charge in [-0.2, -0.15) is 0 Å². The van der Waals surface area contributed by atoms with E-state index < -0.39 is 0 Å². The quantitative estimate of drug-likeness (QED) is 0.779. The van der Waals surface area contributed by atoms with Crippen molar-refractivity contribution < 1.29 is 14.4 Å². The van der Waals surface area contributed by atoms with E-state index in [2.05, 4.69) is 10.8 Å². The van der Waals surface area contributed by atoms with Gasteiger partial charge in [-0.25, -0.2) is 5.48 Å². The van der Waals surface area contributed by atoms with Crippen LogP contribution in [0, 0.1) is 11.8 Å². The number of hydrogen-bond acceptors (Lipinski definition) is 3. The molecule has 0 bridgehead atoms. The SMILES string of the molecule is O=C(NOCc1ccccc1)C1CCC(NC(=O)C2CCCC2)CC1. The number of carbonyl (C=O) groups excluding carboxylic acids is 2. The summed E-state index contributed by atoms with van der Waals surface area (Å²) in [7, 11) is 0. The zero-order valence-corrected chi connectivity index (χ0v) is 14.7. The molecule has 25 heavy (non-hydrogen) atoms. The van der Waals surface area contributed by atoms with E-state index in [9.17, 15) is 9.59 Å². The van der Waals surface area contributed by atoms with Crippen molar-refractivity contribution >= 4 is 11.8 Å². The summed E-state index contributed by atoms with van der Waals surface area (Å²) >= 11 is 0. The van der Waals surface area contributed by atoms with Gasteiger partial charge >= 0.3 is 0 Å². The van der Waals surface area contributed by atoms with E-state index in [1.165, 1.54) is 12.8 Å². The molecule has 2 amide bonds. The predicted molar refractivity (Wildman–Crippen MR) is 95.2 cm³/mol. The second-order valence-electron chi connectivity index (χ2n) is 7.28. The van der Waals surface area contributed by atoms with Crippen LogP contribution in [0.2, 0.25) is 0 Å². The number of rotatable bonds is 6. The molecule has 2 fully saturated rings. The first-order valence-electron chi connectivity index (χ1n) is 9.48. The Hall–Kier alpha value is -1.88. The van der Waals surface area contributed by atoms with Gasteiger partial charge in [-0.1, -0.05) is 43.2 Å². The molecule has 0 unspecified atom stereocenters. The third kappa shape index (κ3) is 5.30. The molecule has 1 aromatic carbocycles. The summed E-state index contributed by atoms with van der Waals surface area (Å²) in [5.41, 5.74) is 3.60. The van der Waals surface area contributed by atoms with Gasteiger partial charge in [-0.3, -0.25) is 14.4 Å². The molecule has 5 nitrogen and oxygen atoms in total. The van der Waals surface area contributed by atoms with Gasteiger partial charge in [-0.05, 0) is 44.1 Å². The fourth-order valence-corrected chi connectivity index (χ4v) is 3.86. The minimum absolute atomic E-state index is 0.0181. The summed E-state index contributed by atoms with van der Waals surface area (Å²) in [6.07, 6.45) is 7.75. The van der Waals surface area contributed by atoms with Gasteiger partial charge in [0.05, 0.1) is 6.61 Å². The van der Waals surface area contributed by atoms with Crippen molar-refractivity contribution in [2.45, 2.75) is 64.0 Å². The van der Waals surface area contributed by atoms with E-state index in [-0.39, 0.29) is 29.7 Å². The zero-order chi connectivity index (χ0) is 17.5. The Kier molecular flexibility index (Phi) is 6.45. The smallest absolute Gasteiger partial charge is 0.246 e. The Morgan fingerprint density at radius 1 is 0.880 bits per heavy atom. The zero-order valence-electron chi connectivity index (χ0n) is 14.7. The highest BCUT2D eigenvalue weighted by Gasteiger charge is 2.29. The molecule has 5 heteroatoms. The first-order valence-corrected chi connectivity index (χ1v) is 9.48. The van der Waals surface area contributed by atoms with Gasteiger partial charge in [0.15, 0.2) is 0 Å². The van der Waals surface area contributed by atoms with Gasteiger partial charge in [0.1, 0.15) is 0 Å². The molecule has 0 spiro atoms. The average Bonchev–Trinajstić information content (AvgIpc) is 3.18. The molecule has 1 aromatic rings. The highest BCUT2D eigenvalue weighted by Crippen LogP contribution is 2.27. The monoisotopic (exact) mass is 344 g/mol. The second-order valence-corrected chi connectivity index (χ2v) is 7.28. The highest BCUT2D eigenvalue weighted by molar-refractivity contribution is 5.79. The van der Waals surface area contributed by atoms with Crippen LogP contribution in [0.1, 0.15) is 56.9 Å². The maximum atomic E-state index is 12.2. The van der Waals surface area contributed by atoms with Gasteiger partial charge in [0, 0.05) is 17.9 Å². The number of amides is 2. The standard InChI is InChI=1S/C20H28N2O3/c23-19(16-8-4-5-9-16)21-18-12-10-17(11-13-18)20(24)22-25-14-15-6-2-1-3-7-15/h1-3,6-7,16-18H,4-5,8-14H2,(H,21,23)(H,22,24). The molecule has 2 aliphatic rings. The van der Waals surface area contributed by atoms with Crippen molar-refractivity contribution in [3.63, 3.8) is 0 Å². The molecule has 3 rings (SSSR count). The van der Waals surface area contributed by atoms with Crippen molar-refractivity contribution in [2.75, 3.05) is 0 Å². The highest BCUT2D eigenvalue weighted by atomic mass is 16.6. The van der Waals surface area contributed by atoms with Crippen LogP contribution in [-0.2, 0) is 21.0 Å². The molecule has 136 valence electrons. The van der Waals surface area contributed by atoms with Crippen LogP contribution in [0.25, 0.3) is 0 Å². The van der Waals surface area contributed by atoms with Crippen molar-refractivity contribution in [3.05, 3.63) is 35.9 Å². The van der Waals surface area contributed by atoms with E-state index in [4.69, 9.17) is 4.84 Å². The van der Waals surface area contributed by atoms with Crippen LogP contribution in [0.15, 0.2) is 30.3 Å². The van der Waals surface area contributed by atoms with E-state index in [0.29, 0.717) is 6.61 Å². The largest absolute Gasteiger partial charge is 0.353 e. The summed E-state index contributed by atoms with van der Waals surface area (Å²) in [6, 6.07) is 9.99. The van der Waals surface area contributed by atoms with Gasteiger partial charge in [0.25, 0.3) is 0 Å². The minimum Gasteiger partial charge on any atom is -0.353 e. The minimum atomic E-state index is -0.0449. The van der Waals surface area contributed by atoms with Gasteiger partial charge in [-0.15, -0.1) is 0 Å². The molecule has 0 saturated heterocycles. The molecule has 0 heterocycles. The van der Waals surface area contributed by atoms with Crippen LogP contribution in [-0.4, -0.2) is 17.9 Å². The maximum Gasteiger partial charge on any atom is 0.246 e. The first kappa shape index (κ1) is 17.9. The van der Waals surface area contributed by atoms with E-state index >= 15 is 0 Å². The molecule has 2 N–H and O–H groups in total. The number of nitrogens with one attached hydrogen (secondary N) is 2. The van der Waals surface area contributed by atoms with Crippen molar-refractivity contribution in [1.82, 2.24) is 10.8 Å². The Morgan fingerprint density at radius 2 is 1.52 bits per heavy atom. The second kappa shape index (κ2) is 8.99. The van der Waals surface area contributed by atoms with Gasteiger partial charge < -0.3 is 5.32 Å². The third-order valence-corrected chi connectivity index (χ3v) is 5.42. The third-order valence-electron chi connectivity index (χ3n) is 5.42. The number of hydrogen-bond donors (Lipinski definition) is 2. The lowest BCUT2D eigenvalue weighted by molar-refractivity contribution is -0.140. The number of benzene rings is 1. The predicted octanol–water partition coefficient (Wildman–Crippen LogP) is 3.10. The van der Waals surface area contributed by atoms with Crippen molar-refractivity contribution in [2.24, 2.45) is 11.8 Å². The summed E-state index contributed by atoms with van der Waals surface area (Å²) < 4.78 is 0. The molecule has 2 saturated carbocycles. The van der Waals surface area contributed by atoms with Crippen LogP contribution in [0.5, 0.6) is 0 Å². The molecular formula is C20H28N2O3. The van der Waals surface area contributed by atoms with E-state index in [1.54, 1.807) is 0 Å². The van der Waals surface area contributed by atoms with Crippen LogP contribution in [0.4, 0.5) is 0 Å². The summed E-state index contributed by atoms with van der Waals surface area (Å²) in [6.45, 7) is 0.374. The van der Waals surface area contributed by atoms with E-state index in [1.807, 2.05) is 30.3 Å². The molecule has 0 aromatic heterocycles. The lowest BCUT2D eigenvalue weighted by atomic mass is 9.85. The Labute approximate surface area is 149 Å². The van der Waals surface area contributed by atoms with Gasteiger partial charge in [0.2, 0.25) is 11.8 Å². The van der Waals surface area contributed by atoms with Crippen LogP contribution >= 0.6 is 0 Å². The number of hydroxylamine groups is 1. The van der Waals surface area contributed by atoms with Crippen LogP contribution < -0.4 is 10.8 Å². The Balaban J connectivity index is 1.33. The number of carbonyl (C=O) groups is 2. The Bertz CT molecular complexity index is 562. The summed E-state index contributed by atoms with van der Waals surface area (Å²) in [5, 5.41) is 3.18. The molecular weight excluding hydrogens is 316 g/mol. The topological polar surface area (TPSA) is 67.4 Å². The lowest BCUT2D eigenvalue weighted by Gasteiger charge is -2.29.